The molecule has 8 heteroatoms. The zero-order valence-electron chi connectivity index (χ0n) is 21.4. The summed E-state index contributed by atoms with van der Waals surface area (Å²) in [7, 11) is 2.05. The van der Waals surface area contributed by atoms with Crippen LogP contribution < -0.4 is 14.8 Å². The van der Waals surface area contributed by atoms with E-state index in [1.54, 1.807) is 12.3 Å². The van der Waals surface area contributed by atoms with Gasteiger partial charge in [0.05, 0.1) is 28.4 Å². The molecule has 4 aromatic rings. The van der Waals surface area contributed by atoms with Gasteiger partial charge in [-0.2, -0.15) is 5.26 Å². The number of likely N-dealkylation sites (tertiary alicyclic amines) is 1. The van der Waals surface area contributed by atoms with E-state index in [4.69, 9.17) is 26.1 Å². The predicted octanol–water partition coefficient (Wildman–Crippen LogP) is 7.24. The van der Waals surface area contributed by atoms with Crippen LogP contribution in [0.25, 0.3) is 10.9 Å². The van der Waals surface area contributed by atoms with Crippen molar-refractivity contribution < 1.29 is 9.47 Å². The van der Waals surface area contributed by atoms with Gasteiger partial charge in [-0.15, -0.1) is 0 Å². The Kier molecular flexibility index (Phi) is 7.62. The number of pyridine rings is 1. The summed E-state index contributed by atoms with van der Waals surface area (Å²) in [4.78, 5) is 11.6. The number of aliphatic imine (C=N–C) groups is 1. The molecule has 192 valence electrons. The van der Waals surface area contributed by atoms with Crippen molar-refractivity contribution >= 4 is 45.4 Å². The lowest BCUT2D eigenvalue weighted by atomic mass is 10.1. The number of nitrogens with zero attached hydrogens (tertiary/aromatic N) is 4. The van der Waals surface area contributed by atoms with Gasteiger partial charge >= 0.3 is 0 Å². The summed E-state index contributed by atoms with van der Waals surface area (Å²) in [5, 5.41) is 14.5. The molecule has 0 aliphatic carbocycles. The lowest BCUT2D eigenvalue weighted by Crippen LogP contribution is -2.18. The number of nitriles is 1. The van der Waals surface area contributed by atoms with Gasteiger partial charge < -0.3 is 19.7 Å². The van der Waals surface area contributed by atoms with Crippen molar-refractivity contribution in [2.24, 2.45) is 4.99 Å². The van der Waals surface area contributed by atoms with Crippen LogP contribution in [-0.4, -0.2) is 35.9 Å². The van der Waals surface area contributed by atoms with Crippen LogP contribution in [0, 0.1) is 11.3 Å². The van der Waals surface area contributed by atoms with Crippen molar-refractivity contribution in [3.8, 4) is 17.6 Å². The highest BCUT2D eigenvalue weighted by Crippen LogP contribution is 2.39. The number of benzene rings is 3. The van der Waals surface area contributed by atoms with Gasteiger partial charge in [0.15, 0.2) is 0 Å². The predicted molar refractivity (Wildman–Crippen MR) is 152 cm³/mol. The Balaban J connectivity index is 1.49. The first-order valence-corrected chi connectivity index (χ1v) is 12.9. The summed E-state index contributed by atoms with van der Waals surface area (Å²) in [5.74, 6) is 2.27. The van der Waals surface area contributed by atoms with Gasteiger partial charge in [0.1, 0.15) is 35.7 Å². The molecule has 1 aliphatic rings. The first-order chi connectivity index (χ1) is 18.6. The summed E-state index contributed by atoms with van der Waals surface area (Å²) >= 11 is 6.56. The number of aromatic nitrogens is 1. The van der Waals surface area contributed by atoms with E-state index < -0.39 is 0 Å². The Morgan fingerprint density at radius 1 is 1.11 bits per heavy atom. The molecule has 0 unspecified atom stereocenters. The van der Waals surface area contributed by atoms with E-state index in [0.717, 1.165) is 41.9 Å². The topological polar surface area (TPSA) is 82.8 Å². The van der Waals surface area contributed by atoms with Gasteiger partial charge in [-0.05, 0) is 43.2 Å². The molecule has 38 heavy (non-hydrogen) atoms. The summed E-state index contributed by atoms with van der Waals surface area (Å²) in [5.41, 5.74) is 4.25. The van der Waals surface area contributed by atoms with Crippen molar-refractivity contribution in [3.05, 3.63) is 83.0 Å². The molecule has 5 rings (SSSR count). The normalized spacial score (nSPS) is 14.1. The second-order valence-electron chi connectivity index (χ2n) is 9.03. The van der Waals surface area contributed by atoms with Crippen LogP contribution in [0.3, 0.4) is 0 Å². The Morgan fingerprint density at radius 3 is 2.66 bits per heavy atom. The van der Waals surface area contributed by atoms with E-state index in [-0.39, 0.29) is 0 Å². The lowest BCUT2D eigenvalue weighted by molar-refractivity contribution is 0.306. The monoisotopic (exact) mass is 525 g/mol. The van der Waals surface area contributed by atoms with Crippen molar-refractivity contribution in [1.29, 1.82) is 5.26 Å². The molecular formula is C30H28ClN5O2. The smallest absolute Gasteiger partial charge is 0.147 e. The van der Waals surface area contributed by atoms with Gasteiger partial charge in [-0.1, -0.05) is 41.9 Å². The van der Waals surface area contributed by atoms with Crippen LogP contribution in [0.1, 0.15) is 30.9 Å². The van der Waals surface area contributed by atoms with Gasteiger partial charge in [-0.25, -0.2) is 4.99 Å². The van der Waals surface area contributed by atoms with Crippen LogP contribution in [0.2, 0.25) is 5.02 Å². The molecule has 0 bridgehead atoms. The van der Waals surface area contributed by atoms with E-state index in [2.05, 4.69) is 21.3 Å². The largest absolute Gasteiger partial charge is 0.492 e. The summed E-state index contributed by atoms with van der Waals surface area (Å²) in [6.45, 7) is 3.86. The number of fused-ring (bicyclic) bond motifs is 1. The lowest BCUT2D eigenvalue weighted by Gasteiger charge is -2.16. The summed E-state index contributed by atoms with van der Waals surface area (Å²) in [6.07, 6.45) is 3.56. The molecule has 1 aromatic heterocycles. The molecule has 7 nitrogen and oxygen atoms in total. The zero-order valence-corrected chi connectivity index (χ0v) is 22.1. The molecular weight excluding hydrogens is 498 g/mol. The second-order valence-corrected chi connectivity index (χ2v) is 9.43. The molecule has 0 saturated carbocycles. The number of ether oxygens (including phenoxy) is 2. The third kappa shape index (κ3) is 5.51. The number of hydrogen-bond donors (Lipinski definition) is 1. The first kappa shape index (κ1) is 25.4. The quantitative estimate of drug-likeness (QED) is 0.261. The molecule has 1 N–H and O–H groups in total. The van der Waals surface area contributed by atoms with Gasteiger partial charge in [0.2, 0.25) is 0 Å². The molecule has 0 atom stereocenters. The minimum atomic E-state index is 0.416. The van der Waals surface area contributed by atoms with Crippen LogP contribution in [0.5, 0.6) is 11.5 Å². The third-order valence-corrected chi connectivity index (χ3v) is 6.69. The van der Waals surface area contributed by atoms with Crippen LogP contribution in [-0.2, 0) is 6.61 Å². The highest BCUT2D eigenvalue weighted by molar-refractivity contribution is 6.32. The fraction of sp³-hybridized carbons (Fsp3) is 0.233. The average molecular weight is 526 g/mol. The number of nitrogens with one attached hydrogen (secondary N) is 1. The molecule has 1 saturated heterocycles. The number of amidine groups is 1. The van der Waals surface area contributed by atoms with Gasteiger partial charge in [0.25, 0.3) is 0 Å². The minimum absolute atomic E-state index is 0.416. The summed E-state index contributed by atoms with van der Waals surface area (Å²) < 4.78 is 11.8. The minimum Gasteiger partial charge on any atom is -0.492 e. The van der Waals surface area contributed by atoms with E-state index in [1.807, 2.05) is 68.6 Å². The Labute approximate surface area is 227 Å². The molecule has 1 fully saturated rings. The van der Waals surface area contributed by atoms with Crippen LogP contribution in [0.15, 0.2) is 71.9 Å². The van der Waals surface area contributed by atoms with Crippen molar-refractivity contribution in [1.82, 2.24) is 9.88 Å². The van der Waals surface area contributed by atoms with Gasteiger partial charge in [0, 0.05) is 43.4 Å². The average Bonchev–Trinajstić information content (AvgIpc) is 3.33. The number of anilines is 2. The van der Waals surface area contributed by atoms with E-state index in [1.165, 1.54) is 0 Å². The molecule has 2 heterocycles. The van der Waals surface area contributed by atoms with Gasteiger partial charge in [-0.3, -0.25) is 4.98 Å². The number of halogens is 1. The molecule has 0 radical (unpaired) electrons. The maximum absolute atomic E-state index is 9.87. The van der Waals surface area contributed by atoms with E-state index >= 15 is 0 Å². The zero-order chi connectivity index (χ0) is 26.5. The summed E-state index contributed by atoms with van der Waals surface area (Å²) in [6, 6.07) is 21.5. The fourth-order valence-corrected chi connectivity index (χ4v) is 4.67. The standard InChI is InChI=1S/C30H28ClN5O2/c1-3-37-28-16-25-23(15-26(28)35-29-10-7-13-36(29)2)30(21(17-32)18-33-25)34-22-11-12-27(24(31)14-22)38-19-20-8-5-4-6-9-20/h4-6,8-9,11-12,14-16,18H,3,7,10,13,19H2,1-2H3,(H,33,34)/b35-29+. The van der Waals surface area contributed by atoms with Crippen LogP contribution >= 0.6 is 11.6 Å². The molecule has 3 aromatic carbocycles. The van der Waals surface area contributed by atoms with E-state index in [9.17, 15) is 5.26 Å². The first-order valence-electron chi connectivity index (χ1n) is 12.6. The maximum Gasteiger partial charge on any atom is 0.147 e. The van der Waals surface area contributed by atoms with Crippen LogP contribution in [0.4, 0.5) is 17.1 Å². The number of hydrogen-bond acceptors (Lipinski definition) is 6. The SMILES string of the molecule is CCOc1cc2ncc(C#N)c(Nc3ccc(OCc4ccccc4)c(Cl)c3)c2cc1/N=C1\CCCN1C. The maximum atomic E-state index is 9.87. The number of rotatable bonds is 8. The third-order valence-electron chi connectivity index (χ3n) is 6.39. The highest BCUT2D eigenvalue weighted by atomic mass is 35.5. The molecule has 1 aliphatic heterocycles. The Bertz CT molecular complexity index is 1530. The van der Waals surface area contributed by atoms with Crippen molar-refractivity contribution in [2.45, 2.75) is 26.4 Å². The highest BCUT2D eigenvalue weighted by Gasteiger charge is 2.18. The Hall–Kier alpha value is -4.28. The van der Waals surface area contributed by atoms with Crippen molar-refractivity contribution in [3.63, 3.8) is 0 Å². The fourth-order valence-electron chi connectivity index (χ4n) is 4.44. The molecule has 0 amide bonds. The Morgan fingerprint density at radius 2 is 1.95 bits per heavy atom. The van der Waals surface area contributed by atoms with E-state index in [0.29, 0.717) is 52.2 Å². The van der Waals surface area contributed by atoms with Crippen molar-refractivity contribution in [2.75, 3.05) is 25.5 Å². The second kappa shape index (κ2) is 11.4. The molecule has 0 spiro atoms.